The van der Waals surface area contributed by atoms with Gasteiger partial charge in [0.25, 0.3) is 0 Å². The summed E-state index contributed by atoms with van der Waals surface area (Å²) >= 11 is 11.9. The number of alkyl halides is 2. The van der Waals surface area contributed by atoms with Crippen molar-refractivity contribution in [1.29, 1.82) is 0 Å². The van der Waals surface area contributed by atoms with E-state index in [0.29, 0.717) is 30.4 Å². The zero-order valence-corrected chi connectivity index (χ0v) is 29.3. The summed E-state index contributed by atoms with van der Waals surface area (Å²) in [6.45, 7) is 5.38. The maximum Gasteiger partial charge on any atom is 0.332 e. The molecule has 1 amide bonds. The minimum atomic E-state index is -1.20. The number of esters is 2. The molecule has 2 rings (SSSR count). The maximum atomic E-state index is 13.3. The molecular formula is C37H54Cl2N2O5. The summed E-state index contributed by atoms with van der Waals surface area (Å²) in [7, 11) is 0. The summed E-state index contributed by atoms with van der Waals surface area (Å²) in [6, 6.07) is 15.4. The number of unbranched alkanes of at least 4 members (excludes halogenated alkanes) is 10. The number of hydrogen-bond acceptors (Lipinski definition) is 6. The number of rotatable bonds is 25. The zero-order valence-electron chi connectivity index (χ0n) is 27.8. The van der Waals surface area contributed by atoms with Crippen LogP contribution >= 0.6 is 23.2 Å². The van der Waals surface area contributed by atoms with E-state index in [-0.39, 0.29) is 25.4 Å². The molecule has 0 bridgehead atoms. The van der Waals surface area contributed by atoms with Crippen molar-refractivity contribution < 1.29 is 23.9 Å². The highest BCUT2D eigenvalue weighted by Crippen LogP contribution is 2.25. The summed E-state index contributed by atoms with van der Waals surface area (Å²) in [6.07, 6.45) is 12.3. The Morgan fingerprint density at radius 2 is 1.33 bits per heavy atom. The number of carbonyl (C=O) groups is 3. The van der Waals surface area contributed by atoms with Gasteiger partial charge < -0.3 is 19.7 Å². The van der Waals surface area contributed by atoms with Gasteiger partial charge in [0, 0.05) is 37.0 Å². The van der Waals surface area contributed by atoms with E-state index in [1.807, 2.05) is 42.5 Å². The maximum absolute atomic E-state index is 13.3. The molecule has 0 aliphatic heterocycles. The van der Waals surface area contributed by atoms with Gasteiger partial charge >= 0.3 is 11.9 Å². The molecule has 0 saturated heterocycles. The van der Waals surface area contributed by atoms with Crippen LogP contribution in [0.2, 0.25) is 0 Å². The Hall–Kier alpha value is -2.77. The van der Waals surface area contributed by atoms with Crippen LogP contribution in [0.15, 0.2) is 54.6 Å². The molecule has 0 spiro atoms. The summed E-state index contributed by atoms with van der Waals surface area (Å²) in [5.41, 5.74) is 2.34. The largest absolute Gasteiger partial charge is 0.464 e. The molecule has 1 N–H and O–H groups in total. The van der Waals surface area contributed by atoms with Crippen LogP contribution in [0.3, 0.4) is 0 Å². The van der Waals surface area contributed by atoms with Gasteiger partial charge in [-0.25, -0.2) is 4.79 Å². The summed E-state index contributed by atoms with van der Waals surface area (Å²) in [5.74, 6) is -0.486. The fourth-order valence-corrected chi connectivity index (χ4v) is 5.81. The SMILES string of the molecule is CCCCCCCCCCCCCC(=O)O[C@H](c1ccccc1)[C@@H](NC(=O)Cc1ccc(N(CCCl)CCCl)cc1)C(=O)OCC. The molecule has 0 heterocycles. The van der Waals surface area contributed by atoms with E-state index in [1.54, 1.807) is 19.1 Å². The minimum absolute atomic E-state index is 0.0371. The van der Waals surface area contributed by atoms with Gasteiger partial charge in [-0.1, -0.05) is 114 Å². The Labute approximate surface area is 286 Å². The van der Waals surface area contributed by atoms with E-state index in [1.165, 1.54) is 51.4 Å². The van der Waals surface area contributed by atoms with Crippen molar-refractivity contribution in [1.82, 2.24) is 5.32 Å². The molecule has 0 aromatic heterocycles. The molecule has 2 aromatic rings. The lowest BCUT2D eigenvalue weighted by Crippen LogP contribution is -2.47. The minimum Gasteiger partial charge on any atom is -0.464 e. The van der Waals surface area contributed by atoms with Crippen molar-refractivity contribution in [3.8, 4) is 0 Å². The van der Waals surface area contributed by atoms with E-state index in [0.717, 1.165) is 30.5 Å². The van der Waals surface area contributed by atoms with Gasteiger partial charge in [-0.3, -0.25) is 9.59 Å². The van der Waals surface area contributed by atoms with Crippen molar-refractivity contribution in [3.63, 3.8) is 0 Å². The molecule has 7 nitrogen and oxygen atoms in total. The lowest BCUT2D eigenvalue weighted by molar-refractivity contribution is -0.160. The van der Waals surface area contributed by atoms with Gasteiger partial charge in [0.05, 0.1) is 13.0 Å². The molecule has 0 saturated carbocycles. The third kappa shape index (κ3) is 15.7. The molecule has 256 valence electrons. The summed E-state index contributed by atoms with van der Waals surface area (Å²) in [5, 5.41) is 2.81. The fourth-order valence-electron chi connectivity index (χ4n) is 5.40. The first-order valence-electron chi connectivity index (χ1n) is 17.1. The second-order valence-corrected chi connectivity index (χ2v) is 12.4. The topological polar surface area (TPSA) is 84.9 Å². The van der Waals surface area contributed by atoms with E-state index in [9.17, 15) is 14.4 Å². The van der Waals surface area contributed by atoms with E-state index >= 15 is 0 Å². The normalized spacial score (nSPS) is 12.3. The molecular weight excluding hydrogens is 623 g/mol. The van der Waals surface area contributed by atoms with Crippen molar-refractivity contribution in [3.05, 3.63) is 65.7 Å². The Balaban J connectivity index is 2.00. The highest BCUT2D eigenvalue weighted by molar-refractivity contribution is 6.18. The lowest BCUT2D eigenvalue weighted by Gasteiger charge is -2.27. The average molecular weight is 678 g/mol. The molecule has 0 radical (unpaired) electrons. The van der Waals surface area contributed by atoms with E-state index < -0.39 is 24.1 Å². The van der Waals surface area contributed by atoms with Crippen LogP contribution in [0, 0.1) is 0 Å². The van der Waals surface area contributed by atoms with Crippen LogP contribution < -0.4 is 10.2 Å². The van der Waals surface area contributed by atoms with Gasteiger partial charge in [0.15, 0.2) is 12.1 Å². The molecule has 46 heavy (non-hydrogen) atoms. The van der Waals surface area contributed by atoms with Crippen molar-refractivity contribution >= 4 is 46.7 Å². The Morgan fingerprint density at radius 1 is 0.761 bits per heavy atom. The number of ether oxygens (including phenoxy) is 2. The molecule has 9 heteroatoms. The van der Waals surface area contributed by atoms with Crippen molar-refractivity contribution in [2.24, 2.45) is 0 Å². The number of benzene rings is 2. The van der Waals surface area contributed by atoms with Crippen LogP contribution in [0.1, 0.15) is 108 Å². The van der Waals surface area contributed by atoms with Crippen molar-refractivity contribution in [2.75, 3.05) is 36.4 Å². The molecule has 0 fully saturated rings. The molecule has 0 aliphatic rings. The Kier molecular flexibility index (Phi) is 20.9. The predicted octanol–water partition coefficient (Wildman–Crippen LogP) is 8.55. The van der Waals surface area contributed by atoms with E-state index in [4.69, 9.17) is 32.7 Å². The lowest BCUT2D eigenvalue weighted by atomic mass is 10.0. The predicted molar refractivity (Wildman–Crippen MR) is 189 cm³/mol. The second kappa shape index (κ2) is 24.4. The molecule has 2 atom stereocenters. The first-order valence-corrected chi connectivity index (χ1v) is 18.2. The number of carbonyl (C=O) groups excluding carboxylic acids is 3. The first kappa shape index (κ1) is 39.4. The standard InChI is InChI=1S/C37H54Cl2N2O5/c1-3-5-6-7-8-9-10-11-12-13-17-20-34(43)46-36(31-18-15-14-16-19-31)35(37(44)45-4-2)40-33(42)29-30-21-23-32(24-22-30)41(27-25-38)28-26-39/h14-16,18-19,21-24,35-36H,3-13,17,20,25-29H2,1-2H3,(H,40,42)/t35-,36-/m1/s1. The fraction of sp³-hybridized carbons (Fsp3) is 0.595. The van der Waals surface area contributed by atoms with Crippen LogP contribution in [0.25, 0.3) is 0 Å². The van der Waals surface area contributed by atoms with Gasteiger partial charge in [-0.15, -0.1) is 23.2 Å². The quantitative estimate of drug-likeness (QED) is 0.0644. The second-order valence-electron chi connectivity index (χ2n) is 11.6. The van der Waals surface area contributed by atoms with Crippen LogP contribution in [0.5, 0.6) is 0 Å². The number of hydrogen-bond donors (Lipinski definition) is 1. The molecule has 0 unspecified atom stereocenters. The van der Waals surface area contributed by atoms with Gasteiger partial charge in [-0.05, 0) is 36.6 Å². The van der Waals surface area contributed by atoms with Crippen LogP contribution in [-0.4, -0.2) is 55.3 Å². The molecule has 0 aliphatic carbocycles. The number of halogens is 2. The highest BCUT2D eigenvalue weighted by atomic mass is 35.5. The van der Waals surface area contributed by atoms with Crippen LogP contribution in [-0.2, 0) is 30.3 Å². The summed E-state index contributed by atoms with van der Waals surface area (Å²) in [4.78, 5) is 41.5. The third-order valence-corrected chi connectivity index (χ3v) is 8.24. The number of nitrogens with one attached hydrogen (secondary N) is 1. The van der Waals surface area contributed by atoms with Gasteiger partial charge in [-0.2, -0.15) is 0 Å². The Bertz CT molecular complexity index is 1110. The molecule has 2 aromatic carbocycles. The smallest absolute Gasteiger partial charge is 0.332 e. The summed E-state index contributed by atoms with van der Waals surface area (Å²) < 4.78 is 11.2. The highest BCUT2D eigenvalue weighted by Gasteiger charge is 2.35. The average Bonchev–Trinajstić information content (AvgIpc) is 3.06. The van der Waals surface area contributed by atoms with Crippen LogP contribution in [0.4, 0.5) is 5.69 Å². The van der Waals surface area contributed by atoms with Gasteiger partial charge in [0.1, 0.15) is 0 Å². The number of nitrogens with zero attached hydrogens (tertiary/aromatic N) is 1. The number of anilines is 1. The number of amides is 1. The zero-order chi connectivity index (χ0) is 33.4. The first-order chi connectivity index (χ1) is 22.4. The third-order valence-electron chi connectivity index (χ3n) is 7.91. The monoisotopic (exact) mass is 676 g/mol. The van der Waals surface area contributed by atoms with Gasteiger partial charge in [0.2, 0.25) is 5.91 Å². The van der Waals surface area contributed by atoms with Crippen molar-refractivity contribution in [2.45, 2.75) is 109 Å². The Morgan fingerprint density at radius 3 is 1.87 bits per heavy atom. The van der Waals surface area contributed by atoms with E-state index in [2.05, 4.69) is 17.1 Å².